The first-order valence-electron chi connectivity index (χ1n) is 7.20. The average molecular weight is 228 g/mol. The van der Waals surface area contributed by atoms with Gasteiger partial charge >= 0.3 is 0 Å². The second-order valence-corrected chi connectivity index (χ2v) is 4.79. The Morgan fingerprint density at radius 2 is 1.75 bits per heavy atom. The number of unbranched alkanes of at least 4 members (excludes halogenated alkanes) is 2. The number of rotatable bonds is 11. The van der Waals surface area contributed by atoms with Crippen LogP contribution in [0.2, 0.25) is 0 Å². The fraction of sp³-hybridized carbons (Fsp3) is 1.00. The fourth-order valence-electron chi connectivity index (χ4n) is 2.02. The largest absolute Gasteiger partial charge is 0.313 e. The maximum atomic E-state index is 3.62. The molecule has 2 nitrogen and oxygen atoms in total. The first kappa shape index (κ1) is 15.9. The maximum absolute atomic E-state index is 3.62. The quantitative estimate of drug-likeness (QED) is 0.546. The van der Waals surface area contributed by atoms with E-state index in [1.807, 2.05) is 0 Å². The second-order valence-electron chi connectivity index (χ2n) is 4.79. The van der Waals surface area contributed by atoms with Crippen LogP contribution in [0.15, 0.2) is 0 Å². The van der Waals surface area contributed by atoms with Crippen LogP contribution < -0.4 is 5.32 Å². The van der Waals surface area contributed by atoms with E-state index in [-0.39, 0.29) is 0 Å². The molecule has 0 saturated carbocycles. The van der Waals surface area contributed by atoms with E-state index in [0.717, 1.165) is 6.54 Å². The van der Waals surface area contributed by atoms with Crippen molar-refractivity contribution in [1.82, 2.24) is 10.2 Å². The molecule has 1 unspecified atom stereocenters. The van der Waals surface area contributed by atoms with E-state index in [0.29, 0.717) is 6.04 Å². The topological polar surface area (TPSA) is 15.3 Å². The summed E-state index contributed by atoms with van der Waals surface area (Å²) in [4.78, 5) is 2.52. The smallest absolute Gasteiger partial charge is 0.0107 e. The van der Waals surface area contributed by atoms with Gasteiger partial charge in [0.05, 0.1) is 0 Å². The third-order valence-electron chi connectivity index (χ3n) is 3.15. The molecule has 1 N–H and O–H groups in total. The highest BCUT2D eigenvalue weighted by atomic mass is 15.1. The highest BCUT2D eigenvalue weighted by molar-refractivity contribution is 4.63. The van der Waals surface area contributed by atoms with Crippen LogP contribution >= 0.6 is 0 Å². The van der Waals surface area contributed by atoms with Crippen LogP contribution in [0.4, 0.5) is 0 Å². The Morgan fingerprint density at radius 3 is 2.31 bits per heavy atom. The second kappa shape index (κ2) is 11.4. The molecular weight excluding hydrogens is 196 g/mol. The maximum Gasteiger partial charge on any atom is 0.0107 e. The summed E-state index contributed by atoms with van der Waals surface area (Å²) in [5.74, 6) is 0. The lowest BCUT2D eigenvalue weighted by Gasteiger charge is -2.21. The summed E-state index contributed by atoms with van der Waals surface area (Å²) in [5.41, 5.74) is 0. The van der Waals surface area contributed by atoms with Crippen molar-refractivity contribution >= 4 is 0 Å². The van der Waals surface area contributed by atoms with Gasteiger partial charge in [0.25, 0.3) is 0 Å². The van der Waals surface area contributed by atoms with Crippen LogP contribution in [0, 0.1) is 0 Å². The Hall–Kier alpha value is -0.0800. The zero-order valence-corrected chi connectivity index (χ0v) is 11.9. The van der Waals surface area contributed by atoms with Crippen LogP contribution in [0.5, 0.6) is 0 Å². The first-order valence-corrected chi connectivity index (χ1v) is 7.20. The average Bonchev–Trinajstić information content (AvgIpc) is 2.28. The summed E-state index contributed by atoms with van der Waals surface area (Å²) in [5, 5.41) is 3.62. The van der Waals surface area contributed by atoms with Crippen molar-refractivity contribution in [3.05, 3.63) is 0 Å². The molecule has 0 aromatic heterocycles. The monoisotopic (exact) mass is 228 g/mol. The van der Waals surface area contributed by atoms with Crippen molar-refractivity contribution in [1.29, 1.82) is 0 Å². The molecule has 0 fully saturated rings. The summed E-state index contributed by atoms with van der Waals surface area (Å²) < 4.78 is 0. The van der Waals surface area contributed by atoms with Gasteiger partial charge in [-0.2, -0.15) is 0 Å². The van der Waals surface area contributed by atoms with Gasteiger partial charge in [-0.15, -0.1) is 0 Å². The van der Waals surface area contributed by atoms with E-state index in [4.69, 9.17) is 0 Å². The van der Waals surface area contributed by atoms with Crippen LogP contribution in [0.3, 0.4) is 0 Å². The van der Waals surface area contributed by atoms with Gasteiger partial charge in [0, 0.05) is 19.1 Å². The molecule has 0 aromatic carbocycles. The zero-order chi connectivity index (χ0) is 12.2. The van der Waals surface area contributed by atoms with Gasteiger partial charge in [0.2, 0.25) is 0 Å². The molecule has 0 radical (unpaired) electrons. The lowest BCUT2D eigenvalue weighted by Crippen LogP contribution is -2.36. The molecule has 0 aliphatic carbocycles. The van der Waals surface area contributed by atoms with Gasteiger partial charge in [0.15, 0.2) is 0 Å². The predicted molar refractivity (Wildman–Crippen MR) is 74.0 cm³/mol. The lowest BCUT2D eigenvalue weighted by atomic mass is 10.1. The van der Waals surface area contributed by atoms with E-state index in [1.54, 1.807) is 0 Å². The number of nitrogens with one attached hydrogen (secondary N) is 1. The third kappa shape index (κ3) is 9.17. The normalized spacial score (nSPS) is 13.3. The summed E-state index contributed by atoms with van der Waals surface area (Å²) in [6.45, 7) is 13.8. The van der Waals surface area contributed by atoms with E-state index in [9.17, 15) is 0 Å². The van der Waals surface area contributed by atoms with Crippen LogP contribution in [0.25, 0.3) is 0 Å². The van der Waals surface area contributed by atoms with Crippen LogP contribution in [0.1, 0.15) is 59.8 Å². The van der Waals surface area contributed by atoms with Gasteiger partial charge in [-0.1, -0.05) is 40.0 Å². The van der Waals surface area contributed by atoms with Gasteiger partial charge in [-0.25, -0.2) is 0 Å². The van der Waals surface area contributed by atoms with E-state index >= 15 is 0 Å². The van der Waals surface area contributed by atoms with Gasteiger partial charge in [0.1, 0.15) is 0 Å². The Balaban J connectivity index is 3.40. The van der Waals surface area contributed by atoms with Crippen molar-refractivity contribution in [2.45, 2.75) is 65.8 Å². The molecule has 0 aromatic rings. The van der Waals surface area contributed by atoms with Crippen molar-refractivity contribution in [3.63, 3.8) is 0 Å². The standard InChI is InChI=1S/C14H32N2/c1-5-8-9-10-14(4)15-11-13-16(7-3)12-6-2/h14-15H,5-13H2,1-4H3. The minimum absolute atomic E-state index is 0.687. The molecule has 16 heavy (non-hydrogen) atoms. The summed E-state index contributed by atoms with van der Waals surface area (Å²) in [6, 6.07) is 0.687. The number of nitrogens with zero attached hydrogens (tertiary/aromatic N) is 1. The minimum atomic E-state index is 0.687. The predicted octanol–water partition coefficient (Wildman–Crippen LogP) is 3.28. The highest BCUT2D eigenvalue weighted by Crippen LogP contribution is 2.02. The highest BCUT2D eigenvalue weighted by Gasteiger charge is 2.03. The van der Waals surface area contributed by atoms with Crippen molar-refractivity contribution in [2.75, 3.05) is 26.2 Å². The van der Waals surface area contributed by atoms with Crippen molar-refractivity contribution in [2.24, 2.45) is 0 Å². The molecular formula is C14H32N2. The fourth-order valence-corrected chi connectivity index (χ4v) is 2.02. The van der Waals surface area contributed by atoms with Gasteiger partial charge in [-0.05, 0) is 32.9 Å². The van der Waals surface area contributed by atoms with Crippen LogP contribution in [-0.2, 0) is 0 Å². The Kier molecular flexibility index (Phi) is 11.3. The number of likely N-dealkylation sites (N-methyl/N-ethyl adjacent to an activating group) is 1. The molecule has 0 aliphatic rings. The summed E-state index contributed by atoms with van der Waals surface area (Å²) in [6.07, 6.45) is 6.67. The summed E-state index contributed by atoms with van der Waals surface area (Å²) >= 11 is 0. The third-order valence-corrected chi connectivity index (χ3v) is 3.15. The minimum Gasteiger partial charge on any atom is -0.313 e. The Labute approximate surface area is 103 Å². The van der Waals surface area contributed by atoms with E-state index < -0.39 is 0 Å². The van der Waals surface area contributed by atoms with Crippen LogP contribution in [-0.4, -0.2) is 37.1 Å². The van der Waals surface area contributed by atoms with Gasteiger partial charge in [-0.3, -0.25) is 0 Å². The zero-order valence-electron chi connectivity index (χ0n) is 11.9. The lowest BCUT2D eigenvalue weighted by molar-refractivity contribution is 0.282. The number of hydrogen-bond acceptors (Lipinski definition) is 2. The molecule has 0 heterocycles. The molecule has 0 saturated heterocycles. The van der Waals surface area contributed by atoms with Crippen molar-refractivity contribution < 1.29 is 0 Å². The van der Waals surface area contributed by atoms with E-state index in [1.165, 1.54) is 51.7 Å². The molecule has 0 rings (SSSR count). The molecule has 0 amide bonds. The molecule has 1 atom stereocenters. The number of hydrogen-bond donors (Lipinski definition) is 1. The van der Waals surface area contributed by atoms with Gasteiger partial charge < -0.3 is 10.2 Å². The molecule has 2 heteroatoms. The SMILES string of the molecule is CCCCCC(C)NCCN(CC)CCC. The van der Waals surface area contributed by atoms with Crippen molar-refractivity contribution in [3.8, 4) is 0 Å². The first-order chi connectivity index (χ1) is 7.74. The van der Waals surface area contributed by atoms with E-state index in [2.05, 4.69) is 37.9 Å². The Morgan fingerprint density at radius 1 is 1.00 bits per heavy atom. The molecule has 0 bridgehead atoms. The molecule has 98 valence electrons. The Bertz CT molecular complexity index is 137. The molecule has 0 spiro atoms. The summed E-state index contributed by atoms with van der Waals surface area (Å²) in [7, 11) is 0. The molecule has 0 aliphatic heterocycles.